The minimum absolute atomic E-state index is 0.000816. The molecule has 0 amide bonds. The first-order chi connectivity index (χ1) is 5.41. The highest BCUT2D eigenvalue weighted by Gasteiger charge is 1.88. The topological polar surface area (TPSA) is 38.4 Å². The quantitative estimate of drug-likeness (QED) is 0.400. The van der Waals surface area contributed by atoms with Gasteiger partial charge in [0.15, 0.2) is 0 Å². The number of rotatable bonds is 8. The number of hydrogen-bond acceptors (Lipinski definition) is 2. The molecule has 0 aliphatic carbocycles. The SMILES string of the molecule is CCCOCOCCCC[O]. The summed E-state index contributed by atoms with van der Waals surface area (Å²) in [5.41, 5.74) is 0. The highest BCUT2D eigenvalue weighted by atomic mass is 16.7. The fourth-order valence-corrected chi connectivity index (χ4v) is 0.627. The Labute approximate surface area is 68.3 Å². The summed E-state index contributed by atoms with van der Waals surface area (Å²) in [6.45, 7) is 3.82. The van der Waals surface area contributed by atoms with Crippen LogP contribution in [0.5, 0.6) is 0 Å². The van der Waals surface area contributed by atoms with Gasteiger partial charge in [0.2, 0.25) is 0 Å². The molecular weight excluding hydrogens is 144 g/mol. The van der Waals surface area contributed by atoms with E-state index in [4.69, 9.17) is 9.47 Å². The van der Waals surface area contributed by atoms with Gasteiger partial charge in [-0.3, -0.25) is 0 Å². The lowest BCUT2D eigenvalue weighted by molar-refractivity contribution is -0.0551. The molecule has 0 spiro atoms. The number of unbranched alkanes of at least 4 members (excludes halogenated alkanes) is 1. The molecule has 0 unspecified atom stereocenters. The molecule has 67 valence electrons. The third-order valence-electron chi connectivity index (χ3n) is 1.20. The highest BCUT2D eigenvalue weighted by molar-refractivity contribution is 4.33. The second kappa shape index (κ2) is 9.88. The normalized spacial score (nSPS) is 10.4. The molecule has 0 saturated heterocycles. The van der Waals surface area contributed by atoms with Gasteiger partial charge in [0.05, 0.1) is 6.61 Å². The Kier molecular flexibility index (Phi) is 9.77. The monoisotopic (exact) mass is 161 g/mol. The summed E-state index contributed by atoms with van der Waals surface area (Å²) in [6, 6.07) is 0. The first kappa shape index (κ1) is 10.9. The molecule has 1 radical (unpaired) electrons. The largest absolute Gasteiger partial charge is 0.355 e. The van der Waals surface area contributed by atoms with E-state index in [1.54, 1.807) is 0 Å². The van der Waals surface area contributed by atoms with E-state index in [9.17, 15) is 5.11 Å². The zero-order valence-corrected chi connectivity index (χ0v) is 7.17. The predicted octanol–water partition coefficient (Wildman–Crippen LogP) is 1.60. The van der Waals surface area contributed by atoms with Crippen LogP contribution in [0.3, 0.4) is 0 Å². The molecule has 11 heavy (non-hydrogen) atoms. The predicted molar refractivity (Wildman–Crippen MR) is 41.8 cm³/mol. The fourth-order valence-electron chi connectivity index (χ4n) is 0.627. The van der Waals surface area contributed by atoms with Crippen LogP contribution in [0.2, 0.25) is 0 Å². The van der Waals surface area contributed by atoms with E-state index in [-0.39, 0.29) is 6.61 Å². The maximum Gasteiger partial charge on any atom is 0.146 e. The van der Waals surface area contributed by atoms with Crippen LogP contribution in [-0.4, -0.2) is 26.6 Å². The maximum atomic E-state index is 9.98. The van der Waals surface area contributed by atoms with Crippen LogP contribution in [0.25, 0.3) is 0 Å². The van der Waals surface area contributed by atoms with Crippen molar-refractivity contribution in [1.82, 2.24) is 0 Å². The average Bonchev–Trinajstić information content (AvgIpc) is 2.03. The third kappa shape index (κ3) is 9.88. The standard InChI is InChI=1S/C8H17O3/c1-2-6-10-8-11-7-4-3-5-9/h2-8H2,1H3. The average molecular weight is 161 g/mol. The van der Waals surface area contributed by atoms with Crippen molar-refractivity contribution in [1.29, 1.82) is 0 Å². The molecule has 0 rings (SSSR count). The van der Waals surface area contributed by atoms with Crippen molar-refractivity contribution < 1.29 is 14.6 Å². The summed E-state index contributed by atoms with van der Waals surface area (Å²) in [5, 5.41) is 9.98. The summed E-state index contributed by atoms with van der Waals surface area (Å²) < 4.78 is 10.1. The van der Waals surface area contributed by atoms with Gasteiger partial charge < -0.3 is 9.47 Å². The lowest BCUT2D eigenvalue weighted by atomic mass is 10.3. The molecule has 0 bridgehead atoms. The number of ether oxygens (including phenoxy) is 2. The van der Waals surface area contributed by atoms with Gasteiger partial charge in [-0.15, -0.1) is 0 Å². The third-order valence-corrected chi connectivity index (χ3v) is 1.20. The minimum atomic E-state index is -0.000816. The summed E-state index contributed by atoms with van der Waals surface area (Å²) >= 11 is 0. The molecule has 0 saturated carbocycles. The van der Waals surface area contributed by atoms with Gasteiger partial charge in [-0.1, -0.05) is 6.92 Å². The summed E-state index contributed by atoms with van der Waals surface area (Å²) in [4.78, 5) is 0. The van der Waals surface area contributed by atoms with Gasteiger partial charge >= 0.3 is 0 Å². The smallest absolute Gasteiger partial charge is 0.146 e. The molecule has 0 aromatic carbocycles. The molecule has 0 aromatic rings. The van der Waals surface area contributed by atoms with Gasteiger partial charge in [0.1, 0.15) is 6.79 Å². The van der Waals surface area contributed by atoms with Crippen molar-refractivity contribution in [3.63, 3.8) is 0 Å². The molecule has 0 atom stereocenters. The summed E-state index contributed by atoms with van der Waals surface area (Å²) in [6.07, 6.45) is 2.57. The Hall–Kier alpha value is -0.120. The second-order valence-electron chi connectivity index (χ2n) is 2.35. The Bertz CT molecular complexity index is 58.4. The van der Waals surface area contributed by atoms with Gasteiger partial charge in [-0.05, 0) is 19.3 Å². The van der Waals surface area contributed by atoms with Crippen LogP contribution in [0.15, 0.2) is 0 Å². The van der Waals surface area contributed by atoms with Crippen LogP contribution in [0.4, 0.5) is 0 Å². The molecular formula is C8H17O3. The Morgan fingerprint density at radius 1 is 1.09 bits per heavy atom. The van der Waals surface area contributed by atoms with Crippen molar-refractivity contribution in [2.75, 3.05) is 26.6 Å². The summed E-state index contributed by atoms with van der Waals surface area (Å²) in [5.74, 6) is 0. The zero-order chi connectivity index (χ0) is 8.36. The fraction of sp³-hybridized carbons (Fsp3) is 1.00. The van der Waals surface area contributed by atoms with Crippen LogP contribution in [0, 0.1) is 0 Å². The lowest BCUT2D eigenvalue weighted by Crippen LogP contribution is -2.02. The van der Waals surface area contributed by atoms with Gasteiger partial charge in [-0.25, -0.2) is 5.11 Å². The van der Waals surface area contributed by atoms with E-state index in [0.29, 0.717) is 19.8 Å². The minimum Gasteiger partial charge on any atom is -0.355 e. The van der Waals surface area contributed by atoms with E-state index < -0.39 is 0 Å². The van der Waals surface area contributed by atoms with Crippen LogP contribution in [0.1, 0.15) is 26.2 Å². The lowest BCUT2D eigenvalue weighted by Gasteiger charge is -2.02. The maximum absolute atomic E-state index is 9.98. The van der Waals surface area contributed by atoms with Crippen molar-refractivity contribution in [3.8, 4) is 0 Å². The van der Waals surface area contributed by atoms with Crippen molar-refractivity contribution in [3.05, 3.63) is 0 Å². The highest BCUT2D eigenvalue weighted by Crippen LogP contribution is 1.89. The Morgan fingerprint density at radius 3 is 2.45 bits per heavy atom. The molecule has 0 fully saturated rings. The molecule has 0 heterocycles. The van der Waals surface area contributed by atoms with Crippen molar-refractivity contribution >= 4 is 0 Å². The molecule has 3 nitrogen and oxygen atoms in total. The molecule has 0 aromatic heterocycles. The van der Waals surface area contributed by atoms with Crippen LogP contribution < -0.4 is 0 Å². The van der Waals surface area contributed by atoms with E-state index in [1.807, 2.05) is 0 Å². The first-order valence-electron chi connectivity index (χ1n) is 4.15. The van der Waals surface area contributed by atoms with Crippen LogP contribution in [-0.2, 0) is 14.6 Å². The molecule has 0 aliphatic heterocycles. The van der Waals surface area contributed by atoms with Gasteiger partial charge in [0.25, 0.3) is 0 Å². The first-order valence-corrected chi connectivity index (χ1v) is 4.15. The zero-order valence-electron chi connectivity index (χ0n) is 7.17. The molecule has 3 heteroatoms. The second-order valence-corrected chi connectivity index (χ2v) is 2.35. The number of hydrogen-bond donors (Lipinski definition) is 0. The van der Waals surface area contributed by atoms with E-state index in [1.165, 1.54) is 0 Å². The van der Waals surface area contributed by atoms with E-state index >= 15 is 0 Å². The van der Waals surface area contributed by atoms with E-state index in [2.05, 4.69) is 6.92 Å². The summed E-state index contributed by atoms with van der Waals surface area (Å²) in [7, 11) is 0. The van der Waals surface area contributed by atoms with Crippen molar-refractivity contribution in [2.24, 2.45) is 0 Å². The Morgan fingerprint density at radius 2 is 1.82 bits per heavy atom. The van der Waals surface area contributed by atoms with Crippen molar-refractivity contribution in [2.45, 2.75) is 26.2 Å². The molecule has 0 N–H and O–H groups in total. The van der Waals surface area contributed by atoms with E-state index in [0.717, 1.165) is 19.4 Å². The Balaban J connectivity index is 2.69. The van der Waals surface area contributed by atoms with Crippen LogP contribution >= 0.6 is 0 Å². The molecule has 0 aliphatic rings. The van der Waals surface area contributed by atoms with Gasteiger partial charge in [-0.2, -0.15) is 0 Å². The van der Waals surface area contributed by atoms with Gasteiger partial charge in [0, 0.05) is 13.2 Å².